The van der Waals surface area contributed by atoms with Crippen molar-refractivity contribution < 1.29 is 14.3 Å². The van der Waals surface area contributed by atoms with E-state index in [2.05, 4.69) is 52.0 Å². The zero-order valence-corrected chi connectivity index (χ0v) is 24.2. The number of anilines is 2. The summed E-state index contributed by atoms with van der Waals surface area (Å²) in [7, 11) is 1.65. The summed E-state index contributed by atoms with van der Waals surface area (Å²) in [5.41, 5.74) is 6.42. The van der Waals surface area contributed by atoms with Crippen molar-refractivity contribution in [2.75, 3.05) is 22.7 Å². The maximum absolute atomic E-state index is 14.5. The predicted molar refractivity (Wildman–Crippen MR) is 159 cm³/mol. The number of fused-ring (bicyclic) bond motifs is 2. The number of methoxy groups -OCH3 is 1. The van der Waals surface area contributed by atoms with E-state index in [1.165, 1.54) is 17.3 Å². The first kappa shape index (κ1) is 24.7. The number of benzene rings is 3. The molecule has 2 amide bonds. The number of nitrogens with zero attached hydrogens (tertiary/aromatic N) is 3. The van der Waals surface area contributed by atoms with Crippen molar-refractivity contribution in [3.05, 3.63) is 71.3 Å². The van der Waals surface area contributed by atoms with E-state index < -0.39 is 4.87 Å². The summed E-state index contributed by atoms with van der Waals surface area (Å²) in [6, 6.07) is 18.2. The Balaban J connectivity index is 1.36. The van der Waals surface area contributed by atoms with E-state index >= 15 is 0 Å². The third-order valence-corrected chi connectivity index (χ3v) is 10.7. The molecule has 3 aliphatic heterocycles. The van der Waals surface area contributed by atoms with E-state index in [0.29, 0.717) is 11.4 Å². The number of carbonyl (C=O) groups excluding carboxylic acids is 2. The highest BCUT2D eigenvalue weighted by molar-refractivity contribution is 8.02. The normalized spacial score (nSPS) is 23.3. The minimum atomic E-state index is -1.16. The average Bonchev–Trinajstić information content (AvgIpc) is 3.56. The van der Waals surface area contributed by atoms with Gasteiger partial charge in [-0.15, -0.1) is 23.1 Å². The molecule has 3 aromatic carbocycles. The molecule has 198 valence electrons. The fraction of sp³-hybridized carbons (Fsp3) is 0.323. The molecular weight excluding hydrogens is 526 g/mol. The Labute approximate surface area is 236 Å². The van der Waals surface area contributed by atoms with Gasteiger partial charge in [-0.05, 0) is 92.8 Å². The van der Waals surface area contributed by atoms with Crippen LogP contribution in [0.2, 0.25) is 0 Å². The van der Waals surface area contributed by atoms with Crippen molar-refractivity contribution in [2.24, 2.45) is 0 Å². The first-order valence-corrected chi connectivity index (χ1v) is 15.0. The molecule has 1 saturated heterocycles. The number of hydrogen-bond acceptors (Lipinski definition) is 6. The molecule has 0 aliphatic carbocycles. The standard InChI is InChI=1S/C31H29N3O3S2/c1-17-6-11-24-25(12-17)39-28(32-24)19-7-9-20(10-8-19)33-26(35)16-38-31(33)23-14-21(37-5)13-22-18(2)15-30(3,4)34(27(22)23)29(31)36/h6-14,18H,15-16H2,1-5H3/t18-,31+/m1/s1. The number of amides is 2. The van der Waals surface area contributed by atoms with E-state index in [9.17, 15) is 9.59 Å². The second-order valence-corrected chi connectivity index (χ2v) is 13.6. The zero-order chi connectivity index (χ0) is 27.3. The van der Waals surface area contributed by atoms with Crippen LogP contribution in [0.1, 0.15) is 49.8 Å². The molecule has 7 rings (SSSR count). The highest BCUT2D eigenvalue weighted by Gasteiger charge is 2.64. The van der Waals surface area contributed by atoms with Gasteiger partial charge in [0.25, 0.3) is 5.91 Å². The second-order valence-electron chi connectivity index (χ2n) is 11.4. The Morgan fingerprint density at radius 2 is 1.79 bits per heavy atom. The van der Waals surface area contributed by atoms with Gasteiger partial charge in [-0.1, -0.05) is 13.0 Å². The fourth-order valence-corrected chi connectivity index (χ4v) is 8.98. The summed E-state index contributed by atoms with van der Waals surface area (Å²) < 4.78 is 6.85. The highest BCUT2D eigenvalue weighted by Crippen LogP contribution is 2.62. The average molecular weight is 556 g/mol. The molecule has 4 heterocycles. The lowest BCUT2D eigenvalue weighted by molar-refractivity contribution is -0.124. The Morgan fingerprint density at radius 3 is 2.54 bits per heavy atom. The molecule has 1 spiro atoms. The molecule has 4 aromatic rings. The number of thiazole rings is 1. The number of hydrogen-bond donors (Lipinski definition) is 0. The van der Waals surface area contributed by atoms with Gasteiger partial charge >= 0.3 is 0 Å². The van der Waals surface area contributed by atoms with E-state index in [1.54, 1.807) is 23.3 Å². The van der Waals surface area contributed by atoms with Crippen LogP contribution in [-0.4, -0.2) is 35.2 Å². The molecule has 0 N–H and O–H groups in total. The topological polar surface area (TPSA) is 62.7 Å². The zero-order valence-electron chi connectivity index (χ0n) is 22.6. The Hall–Kier alpha value is -3.36. The van der Waals surface area contributed by atoms with Crippen molar-refractivity contribution in [1.29, 1.82) is 0 Å². The lowest BCUT2D eigenvalue weighted by Crippen LogP contribution is -2.56. The van der Waals surface area contributed by atoms with Crippen molar-refractivity contribution in [1.82, 2.24) is 4.98 Å². The minimum Gasteiger partial charge on any atom is -0.497 e. The van der Waals surface area contributed by atoms with Gasteiger partial charge in [-0.3, -0.25) is 14.5 Å². The van der Waals surface area contributed by atoms with E-state index in [-0.39, 0.29) is 29.0 Å². The van der Waals surface area contributed by atoms with Gasteiger partial charge in [-0.2, -0.15) is 0 Å². The summed E-state index contributed by atoms with van der Waals surface area (Å²) in [5, 5.41) is 0.934. The smallest absolute Gasteiger partial charge is 0.269 e. The van der Waals surface area contributed by atoms with Gasteiger partial charge in [-0.25, -0.2) is 4.98 Å². The first-order chi connectivity index (χ1) is 18.6. The van der Waals surface area contributed by atoms with Crippen LogP contribution >= 0.6 is 23.1 Å². The largest absolute Gasteiger partial charge is 0.497 e. The molecule has 2 atom stereocenters. The van der Waals surface area contributed by atoms with Crippen LogP contribution in [0.5, 0.6) is 5.75 Å². The van der Waals surface area contributed by atoms with Gasteiger partial charge in [0.1, 0.15) is 10.8 Å². The number of ether oxygens (including phenoxy) is 1. The molecule has 39 heavy (non-hydrogen) atoms. The monoisotopic (exact) mass is 555 g/mol. The van der Waals surface area contributed by atoms with Crippen molar-refractivity contribution in [3.63, 3.8) is 0 Å². The van der Waals surface area contributed by atoms with E-state index in [1.807, 2.05) is 35.2 Å². The second kappa shape index (κ2) is 8.32. The molecule has 6 nitrogen and oxygen atoms in total. The van der Waals surface area contributed by atoms with Crippen LogP contribution in [0.4, 0.5) is 11.4 Å². The maximum Gasteiger partial charge on any atom is 0.269 e. The van der Waals surface area contributed by atoms with Crippen LogP contribution < -0.4 is 14.5 Å². The molecule has 0 radical (unpaired) electrons. The Morgan fingerprint density at radius 1 is 1.03 bits per heavy atom. The molecule has 3 aliphatic rings. The molecule has 1 fully saturated rings. The number of aryl methyl sites for hydroxylation is 1. The van der Waals surface area contributed by atoms with Crippen LogP contribution in [0.15, 0.2) is 54.6 Å². The van der Waals surface area contributed by atoms with Crippen molar-refractivity contribution >= 4 is 56.5 Å². The molecule has 0 bridgehead atoms. The number of aromatic nitrogens is 1. The van der Waals surface area contributed by atoms with Crippen molar-refractivity contribution in [3.8, 4) is 16.3 Å². The van der Waals surface area contributed by atoms with Crippen molar-refractivity contribution in [2.45, 2.75) is 50.4 Å². The highest BCUT2D eigenvalue weighted by atomic mass is 32.2. The van der Waals surface area contributed by atoms with Crippen LogP contribution in [0.3, 0.4) is 0 Å². The van der Waals surface area contributed by atoms with Gasteiger partial charge in [0, 0.05) is 22.4 Å². The number of thioether (sulfide) groups is 1. The summed E-state index contributed by atoms with van der Waals surface area (Å²) in [6.07, 6.45) is 0.837. The lowest BCUT2D eigenvalue weighted by Gasteiger charge is -2.44. The van der Waals surface area contributed by atoms with E-state index in [4.69, 9.17) is 9.72 Å². The summed E-state index contributed by atoms with van der Waals surface area (Å²) in [5.74, 6) is 1.09. The van der Waals surface area contributed by atoms with Crippen LogP contribution in [0.25, 0.3) is 20.8 Å². The summed E-state index contributed by atoms with van der Waals surface area (Å²) in [6.45, 7) is 8.53. The third kappa shape index (κ3) is 3.37. The maximum atomic E-state index is 14.5. The summed E-state index contributed by atoms with van der Waals surface area (Å²) in [4.78, 5) is 35.4. The van der Waals surface area contributed by atoms with E-state index in [0.717, 1.165) is 44.0 Å². The molecule has 1 aromatic heterocycles. The molecule has 0 unspecified atom stereocenters. The Kier molecular flexibility index (Phi) is 5.26. The van der Waals surface area contributed by atoms with Gasteiger partial charge in [0.05, 0.1) is 28.8 Å². The SMILES string of the molecule is COc1cc2c3c(c1)[C@]1(SCC(=O)N1c1ccc(-c4nc5ccc(C)cc5s4)cc1)C(=O)N3C(C)(C)C[C@H]2C. The van der Waals surface area contributed by atoms with Gasteiger partial charge in [0.15, 0.2) is 0 Å². The molecule has 0 saturated carbocycles. The van der Waals surface area contributed by atoms with Crippen LogP contribution in [-0.2, 0) is 14.5 Å². The lowest BCUT2D eigenvalue weighted by atomic mass is 9.80. The molecule has 8 heteroatoms. The summed E-state index contributed by atoms with van der Waals surface area (Å²) >= 11 is 3.07. The molecular formula is C31H29N3O3S2. The predicted octanol–water partition coefficient (Wildman–Crippen LogP) is 6.85. The van der Waals surface area contributed by atoms with Gasteiger partial charge in [0.2, 0.25) is 10.8 Å². The fourth-order valence-electron chi connectivity index (χ4n) is 6.59. The minimum absolute atomic E-state index is 0.0506. The Bertz CT molecular complexity index is 1690. The van der Waals surface area contributed by atoms with Gasteiger partial charge < -0.3 is 9.64 Å². The van der Waals surface area contributed by atoms with Crippen LogP contribution in [0, 0.1) is 6.92 Å². The number of rotatable bonds is 3. The number of carbonyl (C=O) groups is 2. The quantitative estimate of drug-likeness (QED) is 0.277. The first-order valence-electron chi connectivity index (χ1n) is 13.2. The third-order valence-electron chi connectivity index (χ3n) is 8.26.